The van der Waals surface area contributed by atoms with E-state index < -0.39 is 6.04 Å². The average molecular weight is 577 g/mol. The van der Waals surface area contributed by atoms with E-state index >= 15 is 0 Å². The van der Waals surface area contributed by atoms with Gasteiger partial charge in [0.25, 0.3) is 0 Å². The summed E-state index contributed by atoms with van der Waals surface area (Å²) in [4.78, 5) is 36.4. The number of likely N-dealkylation sites (N-methyl/N-ethyl adjacent to an activating group) is 1. The SMILES string of the molecule is C=CN(C)/C(=C\N)[C@H](NC(=O)C1CC1)C1=Cc2cccnc2[C@@H](N2CCN(C(=O)OCC)CC2)c2ccc(Cl)cc21. The number of aromatic nitrogens is 1. The summed E-state index contributed by atoms with van der Waals surface area (Å²) in [6.07, 6.45) is 8.56. The maximum absolute atomic E-state index is 13.2. The number of ether oxygens (including phenoxy) is 1. The predicted molar refractivity (Wildman–Crippen MR) is 160 cm³/mol. The van der Waals surface area contributed by atoms with Crippen LogP contribution in [0.25, 0.3) is 11.6 Å². The zero-order chi connectivity index (χ0) is 29.1. The number of carbonyl (C=O) groups excluding carboxylic acids is 2. The van der Waals surface area contributed by atoms with Gasteiger partial charge in [0.1, 0.15) is 0 Å². The first-order valence-corrected chi connectivity index (χ1v) is 14.4. The number of benzene rings is 1. The Morgan fingerprint density at radius 3 is 2.68 bits per heavy atom. The van der Waals surface area contributed by atoms with Gasteiger partial charge in [0.05, 0.1) is 30.1 Å². The summed E-state index contributed by atoms with van der Waals surface area (Å²) in [6, 6.07) is 9.09. The molecule has 2 amide bonds. The smallest absolute Gasteiger partial charge is 0.409 e. The zero-order valence-electron chi connectivity index (χ0n) is 23.6. The second-order valence-electron chi connectivity index (χ2n) is 10.5. The van der Waals surface area contributed by atoms with E-state index in [2.05, 4.69) is 22.9 Å². The van der Waals surface area contributed by atoms with Crippen molar-refractivity contribution in [2.45, 2.75) is 31.8 Å². The van der Waals surface area contributed by atoms with E-state index in [9.17, 15) is 9.59 Å². The molecular weight excluding hydrogens is 540 g/mol. The first-order chi connectivity index (χ1) is 19.9. The summed E-state index contributed by atoms with van der Waals surface area (Å²) in [6.45, 7) is 8.47. The highest BCUT2D eigenvalue weighted by Gasteiger charge is 2.38. The zero-order valence-corrected chi connectivity index (χ0v) is 24.3. The van der Waals surface area contributed by atoms with Crippen LogP contribution in [0.5, 0.6) is 0 Å². The van der Waals surface area contributed by atoms with E-state index in [4.69, 9.17) is 27.1 Å². The van der Waals surface area contributed by atoms with Crippen molar-refractivity contribution in [1.29, 1.82) is 0 Å². The minimum absolute atomic E-state index is 0.00131. The van der Waals surface area contributed by atoms with Crippen molar-refractivity contribution in [1.82, 2.24) is 25.0 Å². The summed E-state index contributed by atoms with van der Waals surface area (Å²) < 4.78 is 5.23. The number of halogens is 1. The van der Waals surface area contributed by atoms with Crippen molar-refractivity contribution in [2.75, 3.05) is 39.8 Å². The number of nitrogens with zero attached hydrogens (tertiary/aromatic N) is 4. The highest BCUT2D eigenvalue weighted by molar-refractivity contribution is 6.30. The molecular formula is C31H37ClN6O3. The van der Waals surface area contributed by atoms with E-state index in [-0.39, 0.29) is 24.0 Å². The van der Waals surface area contributed by atoms with Gasteiger partial charge in [-0.3, -0.25) is 14.7 Å². The molecule has 0 radical (unpaired) electrons. The van der Waals surface area contributed by atoms with Crippen LogP contribution in [-0.2, 0) is 9.53 Å². The lowest BCUT2D eigenvalue weighted by Crippen LogP contribution is -2.50. The number of piperazine rings is 1. The lowest BCUT2D eigenvalue weighted by molar-refractivity contribution is -0.122. The Bertz CT molecular complexity index is 1380. The molecule has 1 saturated heterocycles. The molecule has 0 spiro atoms. The number of pyridine rings is 1. The van der Waals surface area contributed by atoms with Crippen LogP contribution in [0.4, 0.5) is 4.79 Å². The lowest BCUT2D eigenvalue weighted by Gasteiger charge is -2.39. The van der Waals surface area contributed by atoms with Crippen molar-refractivity contribution in [3.63, 3.8) is 0 Å². The topological polar surface area (TPSA) is 104 Å². The van der Waals surface area contributed by atoms with Crippen LogP contribution >= 0.6 is 11.6 Å². The van der Waals surface area contributed by atoms with Crippen molar-refractivity contribution in [3.8, 4) is 0 Å². The molecule has 5 rings (SSSR count). The van der Waals surface area contributed by atoms with Gasteiger partial charge in [-0.05, 0) is 72.5 Å². The van der Waals surface area contributed by atoms with Gasteiger partial charge in [-0.1, -0.05) is 30.3 Å². The highest BCUT2D eigenvalue weighted by atomic mass is 35.5. The first kappa shape index (κ1) is 28.7. The third-order valence-electron chi connectivity index (χ3n) is 7.96. The van der Waals surface area contributed by atoms with Crippen molar-refractivity contribution in [2.24, 2.45) is 11.7 Å². The fraction of sp³-hybridized carbons (Fsp3) is 0.387. The summed E-state index contributed by atoms with van der Waals surface area (Å²) in [7, 11) is 1.86. The quantitative estimate of drug-likeness (QED) is 0.485. The number of hydrogen-bond acceptors (Lipinski definition) is 7. The van der Waals surface area contributed by atoms with Crippen LogP contribution in [0.15, 0.2) is 61.2 Å². The Morgan fingerprint density at radius 2 is 2.02 bits per heavy atom. The molecule has 3 N–H and O–H groups in total. The third-order valence-corrected chi connectivity index (χ3v) is 8.20. The first-order valence-electron chi connectivity index (χ1n) is 14.1. The molecule has 1 aliphatic heterocycles. The van der Waals surface area contributed by atoms with Crippen molar-refractivity contribution in [3.05, 3.63) is 88.6 Å². The van der Waals surface area contributed by atoms with Gasteiger partial charge in [0.2, 0.25) is 5.91 Å². The van der Waals surface area contributed by atoms with E-state index in [0.29, 0.717) is 43.5 Å². The minimum Gasteiger partial charge on any atom is -0.450 e. The van der Waals surface area contributed by atoms with Crippen LogP contribution < -0.4 is 11.1 Å². The molecule has 216 valence electrons. The molecule has 1 saturated carbocycles. The lowest BCUT2D eigenvalue weighted by atomic mass is 9.89. The standard InChI is InChI=1S/C31H37ClN6O3/c1-4-36(3)26(19-33)28(35-30(39)20-8-9-20)25-17-21-7-6-12-34-27(21)29(23-11-10-22(32)18-24(23)25)37-13-15-38(16-14-37)31(40)41-5-2/h4,6-7,10-12,17-20,28-29H,1,5,8-9,13-16,33H2,2-3H3,(H,35,39)/b26-19-/t28-,29+/m1/s1. The van der Waals surface area contributed by atoms with Gasteiger partial charge >= 0.3 is 6.09 Å². The van der Waals surface area contributed by atoms with E-state index in [1.807, 2.05) is 49.2 Å². The molecule has 2 aliphatic carbocycles. The fourth-order valence-corrected chi connectivity index (χ4v) is 5.79. The molecule has 1 aromatic carbocycles. The van der Waals surface area contributed by atoms with E-state index in [1.165, 1.54) is 6.20 Å². The Morgan fingerprint density at radius 1 is 1.27 bits per heavy atom. The summed E-state index contributed by atoms with van der Waals surface area (Å²) >= 11 is 6.63. The number of carbonyl (C=O) groups is 2. The highest BCUT2D eigenvalue weighted by Crippen LogP contribution is 2.43. The fourth-order valence-electron chi connectivity index (χ4n) is 5.62. The number of nitrogens with two attached hydrogens (primary N) is 1. The number of hydrogen-bond donors (Lipinski definition) is 2. The molecule has 2 atom stereocenters. The molecule has 2 heterocycles. The number of rotatable bonds is 8. The van der Waals surface area contributed by atoms with Crippen LogP contribution in [0.3, 0.4) is 0 Å². The second-order valence-corrected chi connectivity index (χ2v) is 11.0. The number of nitrogens with one attached hydrogen (secondary N) is 1. The van der Waals surface area contributed by atoms with Gasteiger partial charge in [-0.2, -0.15) is 0 Å². The molecule has 41 heavy (non-hydrogen) atoms. The molecule has 9 nitrogen and oxygen atoms in total. The molecule has 0 unspecified atom stereocenters. The number of amides is 2. The number of fused-ring (bicyclic) bond motifs is 2. The van der Waals surface area contributed by atoms with Crippen LogP contribution in [0.2, 0.25) is 5.02 Å². The van der Waals surface area contributed by atoms with Gasteiger partial charge in [-0.15, -0.1) is 0 Å². The molecule has 2 aromatic rings. The summed E-state index contributed by atoms with van der Waals surface area (Å²) in [5.41, 5.74) is 11.5. The molecule has 3 aliphatic rings. The Labute approximate surface area is 246 Å². The molecule has 0 bridgehead atoms. The maximum atomic E-state index is 13.2. The normalized spacial score (nSPS) is 19.7. The molecule has 1 aromatic heterocycles. The van der Waals surface area contributed by atoms with Crippen LogP contribution in [0.1, 0.15) is 48.2 Å². The van der Waals surface area contributed by atoms with Crippen LogP contribution in [0, 0.1) is 5.92 Å². The summed E-state index contributed by atoms with van der Waals surface area (Å²) in [5.74, 6) is 0.00625. The van der Waals surface area contributed by atoms with E-state index in [1.54, 1.807) is 17.3 Å². The monoisotopic (exact) mass is 576 g/mol. The summed E-state index contributed by atoms with van der Waals surface area (Å²) in [5, 5.41) is 3.86. The van der Waals surface area contributed by atoms with Gasteiger partial charge in [-0.25, -0.2) is 4.79 Å². The van der Waals surface area contributed by atoms with Crippen molar-refractivity contribution < 1.29 is 14.3 Å². The Balaban J connectivity index is 1.62. The van der Waals surface area contributed by atoms with Crippen molar-refractivity contribution >= 4 is 35.3 Å². The minimum atomic E-state index is -0.555. The van der Waals surface area contributed by atoms with E-state index in [0.717, 1.165) is 40.8 Å². The van der Waals surface area contributed by atoms with Crippen LogP contribution in [-0.4, -0.2) is 77.6 Å². The largest absolute Gasteiger partial charge is 0.450 e. The molecule has 2 fully saturated rings. The van der Waals surface area contributed by atoms with Gasteiger partial charge in [0.15, 0.2) is 0 Å². The Hall–Kier alpha value is -3.82. The molecule has 10 heteroatoms. The van der Waals surface area contributed by atoms with Gasteiger partial charge < -0.3 is 25.6 Å². The maximum Gasteiger partial charge on any atom is 0.409 e. The predicted octanol–water partition coefficient (Wildman–Crippen LogP) is 4.22. The average Bonchev–Trinajstić information content (AvgIpc) is 3.84. The second kappa shape index (κ2) is 12.4. The Kier molecular flexibility index (Phi) is 8.65. The van der Waals surface area contributed by atoms with Gasteiger partial charge in [0, 0.05) is 56.6 Å². The third kappa shape index (κ3) is 5.96.